The van der Waals surface area contributed by atoms with Crippen LogP contribution in [0.2, 0.25) is 5.02 Å². The van der Waals surface area contributed by atoms with Crippen molar-refractivity contribution in [1.82, 2.24) is 4.90 Å². The van der Waals surface area contributed by atoms with Crippen molar-refractivity contribution in [1.29, 1.82) is 0 Å². The summed E-state index contributed by atoms with van der Waals surface area (Å²) in [4.78, 5) is 39.6. The van der Waals surface area contributed by atoms with E-state index in [-0.39, 0.29) is 37.3 Å². The van der Waals surface area contributed by atoms with Gasteiger partial charge < -0.3 is 19.6 Å². The Morgan fingerprint density at radius 3 is 2.58 bits per heavy atom. The summed E-state index contributed by atoms with van der Waals surface area (Å²) in [7, 11) is 1.55. The van der Waals surface area contributed by atoms with Crippen LogP contribution in [0.25, 0.3) is 0 Å². The minimum absolute atomic E-state index is 0.118. The molecule has 1 N–H and O–H groups in total. The maximum Gasteiger partial charge on any atom is 0.305 e. The van der Waals surface area contributed by atoms with E-state index in [4.69, 9.17) is 21.4 Å². The maximum absolute atomic E-state index is 13.0. The van der Waals surface area contributed by atoms with Crippen molar-refractivity contribution in [3.05, 3.63) is 29.3 Å². The Morgan fingerprint density at radius 1 is 1.27 bits per heavy atom. The lowest BCUT2D eigenvalue weighted by Crippen LogP contribution is -2.41. The third kappa shape index (κ3) is 3.83. The fourth-order valence-corrected chi connectivity index (χ4v) is 3.81. The molecular formula is C18H21ClN2O5. The Hall–Kier alpha value is -2.12. The molecule has 3 atom stereocenters. The molecule has 8 heteroatoms. The monoisotopic (exact) mass is 380 g/mol. The predicted octanol–water partition coefficient (Wildman–Crippen LogP) is 1.78. The van der Waals surface area contributed by atoms with Crippen molar-refractivity contribution < 1.29 is 24.2 Å². The molecule has 2 aliphatic rings. The van der Waals surface area contributed by atoms with E-state index in [1.165, 1.54) is 0 Å². The van der Waals surface area contributed by atoms with Gasteiger partial charge in [0.15, 0.2) is 0 Å². The van der Waals surface area contributed by atoms with E-state index in [0.717, 1.165) is 0 Å². The van der Waals surface area contributed by atoms with Crippen molar-refractivity contribution in [2.24, 2.45) is 5.92 Å². The van der Waals surface area contributed by atoms with Crippen LogP contribution in [0.1, 0.15) is 19.3 Å². The minimum atomic E-state index is -0.949. The first-order valence-corrected chi connectivity index (χ1v) is 8.87. The van der Waals surface area contributed by atoms with Gasteiger partial charge in [-0.05, 0) is 30.7 Å². The number of halogens is 1. The number of rotatable bonds is 5. The zero-order valence-electron chi connectivity index (χ0n) is 14.4. The topological polar surface area (TPSA) is 87.1 Å². The number of carbonyl (C=O) groups is 3. The average molecular weight is 381 g/mol. The number of hydrogen-bond acceptors (Lipinski definition) is 4. The second-order valence-corrected chi connectivity index (χ2v) is 7.15. The molecule has 0 aliphatic carbocycles. The molecule has 0 radical (unpaired) electrons. The third-order valence-corrected chi connectivity index (χ3v) is 5.27. The van der Waals surface area contributed by atoms with Crippen LogP contribution in [-0.4, -0.2) is 60.1 Å². The number of likely N-dealkylation sites (tertiary alicyclic amines) is 1. The number of carboxylic acids is 1. The molecule has 0 spiro atoms. The first-order valence-electron chi connectivity index (χ1n) is 8.50. The van der Waals surface area contributed by atoms with Crippen molar-refractivity contribution in [2.75, 3.05) is 25.1 Å². The van der Waals surface area contributed by atoms with Crippen LogP contribution in [-0.2, 0) is 19.1 Å². The third-order valence-electron chi connectivity index (χ3n) is 5.02. The number of aliphatic carboxylic acids is 1. The molecule has 3 rings (SSSR count). The fourth-order valence-electron chi connectivity index (χ4n) is 3.69. The van der Waals surface area contributed by atoms with Gasteiger partial charge in [-0.25, -0.2) is 0 Å². The van der Waals surface area contributed by atoms with Gasteiger partial charge in [0.05, 0.1) is 18.4 Å². The predicted molar refractivity (Wildman–Crippen MR) is 95.1 cm³/mol. The number of nitrogens with zero attached hydrogens (tertiary/aromatic N) is 2. The zero-order valence-corrected chi connectivity index (χ0v) is 15.2. The number of carbonyl (C=O) groups excluding carboxylic acids is 2. The molecule has 3 unspecified atom stereocenters. The summed E-state index contributed by atoms with van der Waals surface area (Å²) in [6.45, 7) is 0.645. The molecule has 0 bridgehead atoms. The molecule has 2 aliphatic heterocycles. The highest BCUT2D eigenvalue weighted by Crippen LogP contribution is 2.30. The van der Waals surface area contributed by atoms with Gasteiger partial charge >= 0.3 is 5.97 Å². The van der Waals surface area contributed by atoms with E-state index in [0.29, 0.717) is 23.7 Å². The average Bonchev–Trinajstić information content (AvgIpc) is 3.18. The smallest absolute Gasteiger partial charge is 0.305 e. The number of amides is 2. The van der Waals surface area contributed by atoms with Crippen LogP contribution >= 0.6 is 11.6 Å². The molecule has 2 fully saturated rings. The van der Waals surface area contributed by atoms with Crippen LogP contribution in [0.15, 0.2) is 24.3 Å². The summed E-state index contributed by atoms with van der Waals surface area (Å²) in [6, 6.07) is 6.50. The Labute approximate surface area is 156 Å². The Balaban J connectivity index is 1.72. The van der Waals surface area contributed by atoms with Gasteiger partial charge in [0.25, 0.3) is 0 Å². The quantitative estimate of drug-likeness (QED) is 0.841. The Morgan fingerprint density at radius 2 is 1.96 bits per heavy atom. The second kappa shape index (κ2) is 7.63. The van der Waals surface area contributed by atoms with E-state index in [9.17, 15) is 14.4 Å². The zero-order chi connectivity index (χ0) is 18.8. The van der Waals surface area contributed by atoms with Crippen LogP contribution in [0.5, 0.6) is 0 Å². The molecule has 2 heterocycles. The standard InChI is InChI=1S/C18H21ClN2O5/c1-26-15-7-14(8-17(23)24)21(10-15)18(25)11-6-16(22)20(9-11)13-4-2-12(19)3-5-13/h2-5,11,14-15H,6-10H2,1H3,(H,23,24). The van der Waals surface area contributed by atoms with Gasteiger partial charge in [-0.1, -0.05) is 11.6 Å². The number of hydrogen-bond donors (Lipinski definition) is 1. The number of ether oxygens (including phenoxy) is 1. The Kier molecular flexibility index (Phi) is 5.48. The van der Waals surface area contributed by atoms with Gasteiger partial charge in [-0.15, -0.1) is 0 Å². The van der Waals surface area contributed by atoms with E-state index in [2.05, 4.69) is 0 Å². The number of methoxy groups -OCH3 is 1. The molecule has 2 saturated heterocycles. The van der Waals surface area contributed by atoms with Gasteiger partial charge in [-0.3, -0.25) is 14.4 Å². The van der Waals surface area contributed by atoms with Crippen LogP contribution in [0.3, 0.4) is 0 Å². The Bertz CT molecular complexity index is 708. The molecule has 1 aromatic carbocycles. The van der Waals surface area contributed by atoms with Crippen molar-refractivity contribution >= 4 is 35.1 Å². The highest BCUT2D eigenvalue weighted by Gasteiger charge is 2.43. The molecule has 140 valence electrons. The lowest BCUT2D eigenvalue weighted by molar-refractivity contribution is -0.141. The minimum Gasteiger partial charge on any atom is -0.481 e. The lowest BCUT2D eigenvalue weighted by atomic mass is 10.1. The molecule has 7 nitrogen and oxygen atoms in total. The highest BCUT2D eigenvalue weighted by molar-refractivity contribution is 6.30. The molecule has 0 saturated carbocycles. The van der Waals surface area contributed by atoms with Crippen molar-refractivity contribution in [3.8, 4) is 0 Å². The number of anilines is 1. The summed E-state index contributed by atoms with van der Waals surface area (Å²) < 4.78 is 5.31. The number of carboxylic acid groups (broad SMARTS) is 1. The number of benzene rings is 1. The molecule has 1 aromatic rings. The van der Waals surface area contributed by atoms with Gasteiger partial charge in [-0.2, -0.15) is 0 Å². The molecule has 0 aromatic heterocycles. The van der Waals surface area contributed by atoms with Crippen LogP contribution < -0.4 is 4.90 Å². The van der Waals surface area contributed by atoms with Crippen LogP contribution in [0.4, 0.5) is 5.69 Å². The fraction of sp³-hybridized carbons (Fsp3) is 0.500. The normalized spacial score (nSPS) is 25.8. The highest BCUT2D eigenvalue weighted by atomic mass is 35.5. The molecule has 2 amide bonds. The van der Waals surface area contributed by atoms with E-state index in [1.807, 2.05) is 0 Å². The van der Waals surface area contributed by atoms with Crippen molar-refractivity contribution in [2.45, 2.75) is 31.4 Å². The summed E-state index contributed by atoms with van der Waals surface area (Å²) >= 11 is 5.88. The first kappa shape index (κ1) is 18.7. The van der Waals surface area contributed by atoms with Crippen LogP contribution in [0, 0.1) is 5.92 Å². The summed E-state index contributed by atoms with van der Waals surface area (Å²) in [5.41, 5.74) is 0.702. The van der Waals surface area contributed by atoms with Crippen molar-refractivity contribution in [3.63, 3.8) is 0 Å². The summed E-state index contributed by atoms with van der Waals surface area (Å²) in [6.07, 6.45) is 0.325. The molecular weight excluding hydrogens is 360 g/mol. The molecule has 26 heavy (non-hydrogen) atoms. The maximum atomic E-state index is 13.0. The lowest BCUT2D eigenvalue weighted by Gasteiger charge is -2.26. The largest absolute Gasteiger partial charge is 0.481 e. The second-order valence-electron chi connectivity index (χ2n) is 6.72. The van der Waals surface area contributed by atoms with E-state index < -0.39 is 17.9 Å². The first-order chi connectivity index (χ1) is 12.4. The van der Waals surface area contributed by atoms with E-state index in [1.54, 1.807) is 41.2 Å². The SMILES string of the molecule is COC1CC(CC(=O)O)N(C(=O)C2CC(=O)N(c3ccc(Cl)cc3)C2)C1. The van der Waals surface area contributed by atoms with Gasteiger partial charge in [0, 0.05) is 43.4 Å². The summed E-state index contributed by atoms with van der Waals surface area (Å²) in [5.74, 6) is -1.73. The summed E-state index contributed by atoms with van der Waals surface area (Å²) in [5, 5.41) is 9.68. The van der Waals surface area contributed by atoms with Gasteiger partial charge in [0.2, 0.25) is 11.8 Å². The van der Waals surface area contributed by atoms with Gasteiger partial charge in [0.1, 0.15) is 0 Å². The van der Waals surface area contributed by atoms with E-state index >= 15 is 0 Å².